The molecule has 2 rings (SSSR count). The molecule has 0 unspecified atom stereocenters. The van der Waals surface area contributed by atoms with Crippen LogP contribution in [0.3, 0.4) is 0 Å². The number of unbranched alkanes of at least 4 members (excludes halogenated alkanes) is 3. The molecule has 1 fully saturated rings. The van der Waals surface area contributed by atoms with Crippen LogP contribution in [0.4, 0.5) is 11.4 Å². The Morgan fingerprint density at radius 3 is 2.54 bits per heavy atom. The molecule has 1 aromatic carbocycles. The molecule has 1 aliphatic rings. The third-order valence-corrected chi connectivity index (χ3v) is 4.20. The van der Waals surface area contributed by atoms with Gasteiger partial charge < -0.3 is 4.84 Å². The van der Waals surface area contributed by atoms with Crippen molar-refractivity contribution < 1.29 is 24.1 Å². The van der Waals surface area contributed by atoms with Crippen LogP contribution in [0.5, 0.6) is 0 Å². The fourth-order valence-corrected chi connectivity index (χ4v) is 2.79. The number of nitro groups is 1. The smallest absolute Gasteiger partial charge is 0.330 e. The second-order valence-corrected chi connectivity index (χ2v) is 6.22. The van der Waals surface area contributed by atoms with E-state index in [1.54, 1.807) is 6.07 Å². The van der Waals surface area contributed by atoms with Crippen LogP contribution in [0.2, 0.25) is 0 Å². The van der Waals surface area contributed by atoms with Crippen LogP contribution in [0.25, 0.3) is 10.4 Å². The Balaban J connectivity index is 1.71. The molecule has 2 amide bonds. The quantitative estimate of drug-likeness (QED) is 0.113. The Labute approximate surface area is 160 Å². The fraction of sp³-hybridized carbons (Fsp3) is 0.471. The minimum atomic E-state index is -0.632. The Hall–Kier alpha value is -3.46. The number of nitro benzene ring substituents is 1. The molecule has 0 radical (unpaired) electrons. The Bertz CT molecular complexity index is 817. The van der Waals surface area contributed by atoms with E-state index in [4.69, 9.17) is 10.4 Å². The van der Waals surface area contributed by atoms with Crippen LogP contribution in [-0.4, -0.2) is 27.8 Å². The van der Waals surface area contributed by atoms with Gasteiger partial charge in [0.1, 0.15) is 0 Å². The first kappa shape index (κ1) is 20.8. The number of carbonyl (C=O) groups excluding carboxylic acids is 3. The number of benzene rings is 1. The minimum absolute atomic E-state index is 0.0576. The summed E-state index contributed by atoms with van der Waals surface area (Å²) < 4.78 is 0. The summed E-state index contributed by atoms with van der Waals surface area (Å²) in [4.78, 5) is 52.4. The van der Waals surface area contributed by atoms with E-state index in [1.807, 2.05) is 0 Å². The molecule has 1 aliphatic heterocycles. The van der Waals surface area contributed by atoms with Crippen molar-refractivity contribution in [1.29, 1.82) is 0 Å². The van der Waals surface area contributed by atoms with Gasteiger partial charge in [-0.15, -0.1) is 5.06 Å². The molecular weight excluding hydrogens is 370 g/mol. The first-order chi connectivity index (χ1) is 13.4. The predicted octanol–water partition coefficient (Wildman–Crippen LogP) is 3.64. The molecule has 1 heterocycles. The summed E-state index contributed by atoms with van der Waals surface area (Å²) in [5, 5.41) is 15.0. The second kappa shape index (κ2) is 10.0. The van der Waals surface area contributed by atoms with Gasteiger partial charge in [0.15, 0.2) is 0 Å². The number of aryl methyl sites for hydroxylation is 1. The molecule has 0 bridgehead atoms. The van der Waals surface area contributed by atoms with Crippen molar-refractivity contribution in [1.82, 2.24) is 5.06 Å². The summed E-state index contributed by atoms with van der Waals surface area (Å²) in [6.45, 7) is 0. The van der Waals surface area contributed by atoms with E-state index >= 15 is 0 Å². The highest BCUT2D eigenvalue weighted by Gasteiger charge is 2.32. The van der Waals surface area contributed by atoms with Gasteiger partial charge >= 0.3 is 5.97 Å². The maximum absolute atomic E-state index is 11.7. The summed E-state index contributed by atoms with van der Waals surface area (Å²) in [6.07, 6.45) is 3.31. The highest BCUT2D eigenvalue weighted by Crippen LogP contribution is 2.26. The molecule has 1 aromatic rings. The van der Waals surface area contributed by atoms with Gasteiger partial charge in [0.05, 0.1) is 4.92 Å². The topological polar surface area (TPSA) is 156 Å². The highest BCUT2D eigenvalue weighted by molar-refractivity contribution is 6.01. The van der Waals surface area contributed by atoms with Crippen LogP contribution in [0, 0.1) is 10.1 Å². The van der Waals surface area contributed by atoms with Crippen LogP contribution >= 0.6 is 0 Å². The van der Waals surface area contributed by atoms with Crippen molar-refractivity contribution in [3.05, 3.63) is 44.3 Å². The van der Waals surface area contributed by atoms with E-state index in [2.05, 4.69) is 10.0 Å². The van der Waals surface area contributed by atoms with Crippen molar-refractivity contribution in [2.24, 2.45) is 5.11 Å². The van der Waals surface area contributed by atoms with Gasteiger partial charge in [-0.2, -0.15) is 0 Å². The van der Waals surface area contributed by atoms with E-state index in [-0.39, 0.29) is 30.6 Å². The van der Waals surface area contributed by atoms with Gasteiger partial charge in [-0.1, -0.05) is 30.1 Å². The molecule has 148 valence electrons. The third kappa shape index (κ3) is 5.78. The summed E-state index contributed by atoms with van der Waals surface area (Å²) in [5.74, 6) is -1.65. The van der Waals surface area contributed by atoms with E-state index in [1.165, 1.54) is 12.1 Å². The van der Waals surface area contributed by atoms with Gasteiger partial charge in [0, 0.05) is 41.5 Å². The predicted molar refractivity (Wildman–Crippen MR) is 95.9 cm³/mol. The molecule has 0 spiro atoms. The average Bonchev–Trinajstić information content (AvgIpc) is 2.97. The molecule has 0 atom stereocenters. The Morgan fingerprint density at radius 1 is 1.21 bits per heavy atom. The maximum Gasteiger partial charge on any atom is 0.333 e. The number of azide groups is 1. The number of amides is 2. The zero-order chi connectivity index (χ0) is 20.5. The van der Waals surface area contributed by atoms with Crippen molar-refractivity contribution >= 4 is 29.2 Å². The number of imide groups is 1. The third-order valence-electron chi connectivity index (χ3n) is 4.20. The normalized spacial score (nSPS) is 13.4. The lowest BCUT2D eigenvalue weighted by atomic mass is 10.0. The largest absolute Gasteiger partial charge is 0.333 e. The zero-order valence-electron chi connectivity index (χ0n) is 15.1. The van der Waals surface area contributed by atoms with E-state index in [9.17, 15) is 24.5 Å². The summed E-state index contributed by atoms with van der Waals surface area (Å²) in [5.41, 5.74) is 9.05. The molecular formula is C17H19N5O6. The molecule has 0 aliphatic carbocycles. The number of hydroxylamine groups is 2. The molecule has 0 saturated carbocycles. The minimum Gasteiger partial charge on any atom is -0.330 e. The van der Waals surface area contributed by atoms with Gasteiger partial charge in [-0.25, -0.2) is 4.79 Å². The Morgan fingerprint density at radius 2 is 1.89 bits per heavy atom. The molecule has 28 heavy (non-hydrogen) atoms. The number of hydrogen-bond acceptors (Lipinski definition) is 7. The lowest BCUT2D eigenvalue weighted by Gasteiger charge is -2.12. The van der Waals surface area contributed by atoms with Gasteiger partial charge in [-0.05, 0) is 24.8 Å². The molecule has 0 N–H and O–H groups in total. The molecule has 11 nitrogen and oxygen atoms in total. The zero-order valence-corrected chi connectivity index (χ0v) is 15.1. The molecule has 1 saturated heterocycles. The fourth-order valence-electron chi connectivity index (χ4n) is 2.79. The number of hydrogen-bond donors (Lipinski definition) is 0. The highest BCUT2D eigenvalue weighted by atomic mass is 16.7. The van der Waals surface area contributed by atoms with Gasteiger partial charge in [-0.3, -0.25) is 19.7 Å². The average molecular weight is 389 g/mol. The maximum atomic E-state index is 11.7. The standard InChI is InChI=1S/C17H19N5O6/c18-20-19-13-8-7-12(14(11-13)22(26)27)5-3-1-2-4-6-17(25)28-21-15(23)9-10-16(21)24/h7-8,11H,1-6,9-10H2. The first-order valence-corrected chi connectivity index (χ1v) is 8.81. The van der Waals surface area contributed by atoms with Gasteiger partial charge in [0.25, 0.3) is 17.5 Å². The molecule has 11 heteroatoms. The van der Waals surface area contributed by atoms with Crippen molar-refractivity contribution in [3.63, 3.8) is 0 Å². The van der Waals surface area contributed by atoms with Gasteiger partial charge in [0.2, 0.25) is 0 Å². The lowest BCUT2D eigenvalue weighted by Crippen LogP contribution is -2.31. The molecule has 0 aromatic heterocycles. The van der Waals surface area contributed by atoms with Crippen LogP contribution in [-0.2, 0) is 25.6 Å². The van der Waals surface area contributed by atoms with E-state index < -0.39 is 22.7 Å². The Kier molecular flexibility index (Phi) is 7.46. The van der Waals surface area contributed by atoms with E-state index in [0.29, 0.717) is 36.3 Å². The lowest BCUT2D eigenvalue weighted by molar-refractivity contribution is -0.385. The van der Waals surface area contributed by atoms with E-state index in [0.717, 1.165) is 6.42 Å². The van der Waals surface area contributed by atoms with Crippen molar-refractivity contribution in [3.8, 4) is 0 Å². The van der Waals surface area contributed by atoms with Crippen LogP contribution < -0.4 is 0 Å². The monoisotopic (exact) mass is 389 g/mol. The van der Waals surface area contributed by atoms with Crippen molar-refractivity contribution in [2.45, 2.75) is 51.4 Å². The van der Waals surface area contributed by atoms with Crippen LogP contribution in [0.15, 0.2) is 23.3 Å². The summed E-state index contributed by atoms with van der Waals surface area (Å²) >= 11 is 0. The number of carbonyl (C=O) groups is 3. The number of rotatable bonds is 10. The second-order valence-electron chi connectivity index (χ2n) is 6.22. The first-order valence-electron chi connectivity index (χ1n) is 8.81. The van der Waals surface area contributed by atoms with Crippen molar-refractivity contribution in [2.75, 3.05) is 0 Å². The summed E-state index contributed by atoms with van der Waals surface area (Å²) in [6, 6.07) is 4.34. The SMILES string of the molecule is [N-]=[N+]=Nc1ccc(CCCCCCC(=O)ON2C(=O)CCC2=O)c([N+](=O)[O-])c1. The number of nitrogens with zero attached hydrogens (tertiary/aromatic N) is 5. The summed E-state index contributed by atoms with van der Waals surface area (Å²) in [7, 11) is 0. The van der Waals surface area contributed by atoms with Crippen LogP contribution in [0.1, 0.15) is 50.5 Å².